The summed E-state index contributed by atoms with van der Waals surface area (Å²) in [5.41, 5.74) is 11.4. The summed E-state index contributed by atoms with van der Waals surface area (Å²) in [7, 11) is 0. The van der Waals surface area contributed by atoms with E-state index in [9.17, 15) is 0 Å². The molecule has 0 aromatic heterocycles. The maximum Gasteiger partial charge on any atom is 0.00792 e. The molecule has 1 aromatic carbocycles. The molecule has 1 atom stereocenters. The Morgan fingerprint density at radius 3 is 2.40 bits per heavy atom. The lowest BCUT2D eigenvalue weighted by atomic mass is 10.0. The lowest BCUT2D eigenvalue weighted by Gasteiger charge is -2.02. The van der Waals surface area contributed by atoms with Crippen molar-refractivity contribution in [3.05, 3.63) is 40.5 Å². The Kier molecular flexibility index (Phi) is 2.92. The summed E-state index contributed by atoms with van der Waals surface area (Å²) in [6.07, 6.45) is 5.71. The molecular formula is C14H19N. The molecule has 0 amide bonds. The predicted molar refractivity (Wildman–Crippen MR) is 65.7 cm³/mol. The van der Waals surface area contributed by atoms with Gasteiger partial charge in [0.2, 0.25) is 0 Å². The second kappa shape index (κ2) is 4.19. The quantitative estimate of drug-likeness (QED) is 0.742. The highest BCUT2D eigenvalue weighted by atomic mass is 14.6. The standard InChI is InChI=1S/C14H19N/c1-10-5-11(2)7-13(6-10)8-12-3-4-14(15)9-12/h5-8,14H,3-4,9,15H2,1-2H3. The number of benzene rings is 1. The van der Waals surface area contributed by atoms with Gasteiger partial charge in [-0.1, -0.05) is 41.0 Å². The minimum atomic E-state index is 0.391. The third-order valence-electron chi connectivity index (χ3n) is 2.98. The molecule has 0 radical (unpaired) electrons. The van der Waals surface area contributed by atoms with Crippen LogP contribution in [-0.2, 0) is 0 Å². The van der Waals surface area contributed by atoms with E-state index in [-0.39, 0.29) is 0 Å². The zero-order valence-corrected chi connectivity index (χ0v) is 9.59. The van der Waals surface area contributed by atoms with Crippen LogP contribution in [0.25, 0.3) is 6.08 Å². The predicted octanol–water partition coefficient (Wildman–Crippen LogP) is 3.20. The highest BCUT2D eigenvalue weighted by Gasteiger charge is 2.14. The highest BCUT2D eigenvalue weighted by molar-refractivity contribution is 5.55. The molecule has 0 spiro atoms. The molecule has 2 rings (SSSR count). The zero-order chi connectivity index (χ0) is 10.8. The summed E-state index contributed by atoms with van der Waals surface area (Å²) in [5.74, 6) is 0. The second-order valence-corrected chi connectivity index (χ2v) is 4.73. The third-order valence-corrected chi connectivity index (χ3v) is 2.98. The monoisotopic (exact) mass is 201 g/mol. The number of aryl methyl sites for hydroxylation is 2. The van der Waals surface area contributed by atoms with Crippen LogP contribution in [0.15, 0.2) is 23.8 Å². The Morgan fingerprint density at radius 1 is 1.20 bits per heavy atom. The van der Waals surface area contributed by atoms with Gasteiger partial charge in [0.05, 0.1) is 0 Å². The van der Waals surface area contributed by atoms with Gasteiger partial charge in [-0.3, -0.25) is 0 Å². The van der Waals surface area contributed by atoms with Crippen molar-refractivity contribution in [2.75, 3.05) is 0 Å². The molecule has 0 aliphatic heterocycles. The van der Waals surface area contributed by atoms with E-state index in [2.05, 4.69) is 38.1 Å². The number of nitrogens with two attached hydrogens (primary N) is 1. The first-order valence-electron chi connectivity index (χ1n) is 5.67. The molecule has 1 heteroatoms. The van der Waals surface area contributed by atoms with E-state index < -0.39 is 0 Å². The van der Waals surface area contributed by atoms with Gasteiger partial charge >= 0.3 is 0 Å². The van der Waals surface area contributed by atoms with Gasteiger partial charge in [-0.15, -0.1) is 0 Å². The second-order valence-electron chi connectivity index (χ2n) is 4.73. The Bertz CT molecular complexity index is 370. The zero-order valence-electron chi connectivity index (χ0n) is 9.59. The Labute approximate surface area is 92.0 Å². The summed E-state index contributed by atoms with van der Waals surface area (Å²) < 4.78 is 0. The minimum absolute atomic E-state index is 0.391. The molecule has 1 unspecified atom stereocenters. The van der Waals surface area contributed by atoms with Gasteiger partial charge in [0.15, 0.2) is 0 Å². The minimum Gasteiger partial charge on any atom is -0.327 e. The molecule has 1 aliphatic rings. The van der Waals surface area contributed by atoms with E-state index >= 15 is 0 Å². The van der Waals surface area contributed by atoms with Gasteiger partial charge < -0.3 is 5.73 Å². The largest absolute Gasteiger partial charge is 0.327 e. The van der Waals surface area contributed by atoms with Crippen LogP contribution in [-0.4, -0.2) is 6.04 Å². The van der Waals surface area contributed by atoms with Crippen molar-refractivity contribution in [3.63, 3.8) is 0 Å². The third kappa shape index (κ3) is 2.69. The van der Waals surface area contributed by atoms with Crippen LogP contribution in [0.5, 0.6) is 0 Å². The smallest absolute Gasteiger partial charge is 0.00792 e. The Balaban J connectivity index is 2.23. The van der Waals surface area contributed by atoms with E-state index in [1.807, 2.05) is 0 Å². The normalized spacial score (nSPS) is 23.7. The molecule has 15 heavy (non-hydrogen) atoms. The number of rotatable bonds is 1. The summed E-state index contributed by atoms with van der Waals surface area (Å²) in [6, 6.07) is 7.08. The molecule has 1 fully saturated rings. The van der Waals surface area contributed by atoms with Gasteiger partial charge in [0.1, 0.15) is 0 Å². The van der Waals surface area contributed by atoms with Crippen LogP contribution >= 0.6 is 0 Å². The molecule has 0 saturated heterocycles. The first-order chi connectivity index (χ1) is 7.13. The van der Waals surface area contributed by atoms with Gasteiger partial charge in [-0.2, -0.15) is 0 Å². The fourth-order valence-electron chi connectivity index (χ4n) is 2.37. The van der Waals surface area contributed by atoms with Crippen LogP contribution in [0, 0.1) is 13.8 Å². The van der Waals surface area contributed by atoms with Crippen molar-refractivity contribution in [1.82, 2.24) is 0 Å². The van der Waals surface area contributed by atoms with Crippen molar-refractivity contribution >= 4 is 6.08 Å². The first-order valence-corrected chi connectivity index (χ1v) is 5.67. The van der Waals surface area contributed by atoms with Gasteiger partial charge in [-0.05, 0) is 38.7 Å². The van der Waals surface area contributed by atoms with Crippen molar-refractivity contribution in [2.45, 2.75) is 39.2 Å². The maximum atomic E-state index is 5.90. The SMILES string of the molecule is Cc1cc(C)cc(C=C2CCC(N)C2)c1. The van der Waals surface area contributed by atoms with Crippen molar-refractivity contribution in [2.24, 2.45) is 5.73 Å². The summed E-state index contributed by atoms with van der Waals surface area (Å²) in [4.78, 5) is 0. The van der Waals surface area contributed by atoms with Crippen LogP contribution < -0.4 is 5.73 Å². The van der Waals surface area contributed by atoms with E-state index in [1.165, 1.54) is 28.7 Å². The van der Waals surface area contributed by atoms with Crippen LogP contribution in [0.2, 0.25) is 0 Å². The molecule has 1 aliphatic carbocycles. The van der Waals surface area contributed by atoms with E-state index in [0.717, 1.165) is 12.8 Å². The van der Waals surface area contributed by atoms with Crippen molar-refractivity contribution < 1.29 is 0 Å². The highest BCUT2D eigenvalue weighted by Crippen LogP contribution is 2.25. The molecule has 1 nitrogen and oxygen atoms in total. The van der Waals surface area contributed by atoms with Crippen LogP contribution in [0.3, 0.4) is 0 Å². The fourth-order valence-corrected chi connectivity index (χ4v) is 2.37. The maximum absolute atomic E-state index is 5.90. The molecule has 80 valence electrons. The van der Waals surface area contributed by atoms with E-state index in [1.54, 1.807) is 0 Å². The van der Waals surface area contributed by atoms with Gasteiger partial charge in [-0.25, -0.2) is 0 Å². The van der Waals surface area contributed by atoms with Crippen molar-refractivity contribution in [1.29, 1.82) is 0 Å². The lowest BCUT2D eigenvalue weighted by Crippen LogP contribution is -2.13. The molecule has 0 heterocycles. The van der Waals surface area contributed by atoms with Gasteiger partial charge in [0.25, 0.3) is 0 Å². The lowest BCUT2D eigenvalue weighted by molar-refractivity contribution is 0.711. The Hall–Kier alpha value is -1.08. The first kappa shape index (κ1) is 10.4. The van der Waals surface area contributed by atoms with Crippen LogP contribution in [0.4, 0.5) is 0 Å². The van der Waals surface area contributed by atoms with E-state index in [0.29, 0.717) is 6.04 Å². The summed E-state index contributed by atoms with van der Waals surface area (Å²) in [5, 5.41) is 0. The van der Waals surface area contributed by atoms with E-state index in [4.69, 9.17) is 5.73 Å². The Morgan fingerprint density at radius 2 is 1.87 bits per heavy atom. The molecule has 2 N–H and O–H groups in total. The molecule has 1 saturated carbocycles. The molecular weight excluding hydrogens is 182 g/mol. The van der Waals surface area contributed by atoms with Crippen molar-refractivity contribution in [3.8, 4) is 0 Å². The number of hydrogen-bond acceptors (Lipinski definition) is 1. The topological polar surface area (TPSA) is 26.0 Å². The van der Waals surface area contributed by atoms with Gasteiger partial charge in [0, 0.05) is 6.04 Å². The number of hydrogen-bond donors (Lipinski definition) is 1. The molecule has 0 bridgehead atoms. The fraction of sp³-hybridized carbons (Fsp3) is 0.429. The average Bonchev–Trinajstić information content (AvgIpc) is 2.49. The average molecular weight is 201 g/mol. The summed E-state index contributed by atoms with van der Waals surface area (Å²) >= 11 is 0. The van der Waals surface area contributed by atoms with Crippen LogP contribution in [0.1, 0.15) is 36.0 Å². The summed E-state index contributed by atoms with van der Waals surface area (Å²) in [6.45, 7) is 4.30. The molecule has 1 aromatic rings.